The first-order chi connectivity index (χ1) is 9.85. The molecule has 9 heteroatoms. The molecule has 0 bridgehead atoms. The van der Waals surface area contributed by atoms with Crippen LogP contribution in [0, 0.1) is 17.0 Å². The molecule has 0 saturated carbocycles. The molecule has 21 heavy (non-hydrogen) atoms. The average Bonchev–Trinajstić information content (AvgIpc) is 2.40. The number of nitro benzene ring substituents is 1. The number of hydrogen-bond acceptors (Lipinski definition) is 5. The molecule has 0 aliphatic heterocycles. The number of methoxy groups -OCH3 is 1. The molecular weight excluding hydrogens is 282 g/mol. The molecule has 3 N–H and O–H groups in total. The Labute approximate surface area is 120 Å². The first kappa shape index (κ1) is 16.4. The number of carboxylic acids is 1. The molecule has 1 unspecified atom stereocenters. The highest BCUT2D eigenvalue weighted by atomic mass is 16.6. The van der Waals surface area contributed by atoms with E-state index < -0.39 is 23.0 Å². The van der Waals surface area contributed by atoms with Gasteiger partial charge in [-0.3, -0.25) is 10.1 Å². The van der Waals surface area contributed by atoms with Crippen molar-refractivity contribution in [2.24, 2.45) is 0 Å². The number of carboxylic acid groups (broad SMARTS) is 1. The minimum absolute atomic E-state index is 0.0961. The summed E-state index contributed by atoms with van der Waals surface area (Å²) in [5.41, 5.74) is 0.735. The maximum atomic E-state index is 11.7. The number of nitrogens with zero attached hydrogens (tertiary/aromatic N) is 1. The molecule has 0 spiro atoms. The normalized spacial score (nSPS) is 11.5. The highest BCUT2D eigenvalue weighted by Crippen LogP contribution is 2.20. The summed E-state index contributed by atoms with van der Waals surface area (Å²) < 4.78 is 4.68. The Morgan fingerprint density at radius 1 is 1.48 bits per heavy atom. The van der Waals surface area contributed by atoms with Crippen molar-refractivity contribution in [1.29, 1.82) is 0 Å². The number of nitro groups is 1. The lowest BCUT2D eigenvalue weighted by atomic mass is 10.2. The minimum Gasteiger partial charge on any atom is -0.480 e. The fourth-order valence-corrected chi connectivity index (χ4v) is 1.56. The van der Waals surface area contributed by atoms with E-state index in [0.717, 1.165) is 0 Å². The van der Waals surface area contributed by atoms with E-state index in [0.29, 0.717) is 11.3 Å². The van der Waals surface area contributed by atoms with Gasteiger partial charge in [-0.05, 0) is 18.6 Å². The molecule has 1 rings (SSSR count). The fraction of sp³-hybridized carbons (Fsp3) is 0.333. The van der Waals surface area contributed by atoms with Crippen molar-refractivity contribution in [3.8, 4) is 0 Å². The molecule has 9 nitrogen and oxygen atoms in total. The average molecular weight is 297 g/mol. The van der Waals surface area contributed by atoms with Gasteiger partial charge in [0.05, 0.1) is 11.5 Å². The first-order valence-corrected chi connectivity index (χ1v) is 5.89. The number of rotatable bonds is 6. The number of urea groups is 1. The maximum absolute atomic E-state index is 11.7. The molecule has 0 heterocycles. The zero-order chi connectivity index (χ0) is 16.0. The Morgan fingerprint density at radius 3 is 2.62 bits per heavy atom. The number of aliphatic carboxylic acids is 1. The largest absolute Gasteiger partial charge is 0.480 e. The lowest BCUT2D eigenvalue weighted by Gasteiger charge is -2.15. The van der Waals surface area contributed by atoms with E-state index in [1.54, 1.807) is 6.92 Å². The monoisotopic (exact) mass is 297 g/mol. The molecule has 0 fully saturated rings. The summed E-state index contributed by atoms with van der Waals surface area (Å²) in [6.45, 7) is 1.41. The highest BCUT2D eigenvalue weighted by Gasteiger charge is 2.20. The number of benzene rings is 1. The van der Waals surface area contributed by atoms with Gasteiger partial charge < -0.3 is 20.5 Å². The van der Waals surface area contributed by atoms with E-state index in [9.17, 15) is 19.7 Å². The SMILES string of the molecule is COCC(NC(=O)Nc1ccc([N+](=O)[O-])cc1C)C(=O)O. The fourth-order valence-electron chi connectivity index (χ4n) is 1.56. The first-order valence-electron chi connectivity index (χ1n) is 5.89. The number of carbonyl (C=O) groups excluding carboxylic acids is 1. The van der Waals surface area contributed by atoms with Gasteiger partial charge in [-0.15, -0.1) is 0 Å². The van der Waals surface area contributed by atoms with Crippen LogP contribution < -0.4 is 10.6 Å². The summed E-state index contributed by atoms with van der Waals surface area (Å²) >= 11 is 0. The topological polar surface area (TPSA) is 131 Å². The minimum atomic E-state index is -1.23. The van der Waals surface area contributed by atoms with Crippen LogP contribution in [0.2, 0.25) is 0 Å². The van der Waals surface area contributed by atoms with Crippen LogP contribution in [0.4, 0.5) is 16.2 Å². The Balaban J connectivity index is 2.74. The van der Waals surface area contributed by atoms with Crippen LogP contribution in [0.1, 0.15) is 5.56 Å². The Morgan fingerprint density at radius 2 is 2.14 bits per heavy atom. The van der Waals surface area contributed by atoms with Gasteiger partial charge in [-0.2, -0.15) is 0 Å². The van der Waals surface area contributed by atoms with E-state index in [1.807, 2.05) is 0 Å². The Kier molecular flexibility index (Phi) is 5.61. The third kappa shape index (κ3) is 4.73. The molecule has 114 valence electrons. The number of hydrogen-bond donors (Lipinski definition) is 3. The summed E-state index contributed by atoms with van der Waals surface area (Å²) in [5.74, 6) is -1.23. The standard InChI is InChI=1S/C12H15N3O6/c1-7-5-8(15(19)20)3-4-9(7)13-12(18)14-10(6-21-2)11(16)17/h3-5,10H,6H2,1-2H3,(H,16,17)(H2,13,14,18). The van der Waals surface area contributed by atoms with E-state index in [4.69, 9.17) is 5.11 Å². The second-order valence-corrected chi connectivity index (χ2v) is 4.20. The van der Waals surface area contributed by atoms with Crippen LogP contribution in [0.25, 0.3) is 0 Å². The van der Waals surface area contributed by atoms with Gasteiger partial charge in [0.15, 0.2) is 6.04 Å². The van der Waals surface area contributed by atoms with E-state index in [-0.39, 0.29) is 12.3 Å². The van der Waals surface area contributed by atoms with Crippen LogP contribution in [-0.4, -0.2) is 41.8 Å². The van der Waals surface area contributed by atoms with Gasteiger partial charge in [-0.25, -0.2) is 9.59 Å². The van der Waals surface area contributed by atoms with Crippen molar-refractivity contribution in [3.63, 3.8) is 0 Å². The summed E-state index contributed by atoms with van der Waals surface area (Å²) in [5, 5.41) is 24.1. The highest BCUT2D eigenvalue weighted by molar-refractivity contribution is 5.93. The third-order valence-corrected chi connectivity index (χ3v) is 2.61. The van der Waals surface area contributed by atoms with Gasteiger partial charge in [0, 0.05) is 24.9 Å². The number of anilines is 1. The molecule has 1 atom stereocenters. The van der Waals surface area contributed by atoms with Gasteiger partial charge in [-0.1, -0.05) is 0 Å². The van der Waals surface area contributed by atoms with E-state index in [1.165, 1.54) is 25.3 Å². The second kappa shape index (κ2) is 7.20. The predicted molar refractivity (Wildman–Crippen MR) is 73.3 cm³/mol. The van der Waals surface area contributed by atoms with E-state index >= 15 is 0 Å². The summed E-state index contributed by atoms with van der Waals surface area (Å²) in [7, 11) is 1.32. The van der Waals surface area contributed by atoms with Crippen LogP contribution in [0.15, 0.2) is 18.2 Å². The number of aryl methyl sites for hydroxylation is 1. The Bertz CT molecular complexity index is 560. The van der Waals surface area contributed by atoms with Crippen molar-refractivity contribution in [2.45, 2.75) is 13.0 Å². The molecule has 0 aliphatic carbocycles. The zero-order valence-corrected chi connectivity index (χ0v) is 11.5. The van der Waals surface area contributed by atoms with Crippen LogP contribution >= 0.6 is 0 Å². The number of carbonyl (C=O) groups is 2. The van der Waals surface area contributed by atoms with Crippen LogP contribution in [-0.2, 0) is 9.53 Å². The molecule has 0 aliphatic rings. The third-order valence-electron chi connectivity index (χ3n) is 2.61. The molecule has 0 radical (unpaired) electrons. The molecule has 1 aromatic carbocycles. The molecule has 1 aromatic rings. The van der Waals surface area contributed by atoms with Gasteiger partial charge in [0.1, 0.15) is 0 Å². The van der Waals surface area contributed by atoms with Gasteiger partial charge >= 0.3 is 12.0 Å². The van der Waals surface area contributed by atoms with Crippen LogP contribution in [0.5, 0.6) is 0 Å². The van der Waals surface area contributed by atoms with Crippen molar-refractivity contribution in [2.75, 3.05) is 19.0 Å². The van der Waals surface area contributed by atoms with Gasteiger partial charge in [0.25, 0.3) is 5.69 Å². The van der Waals surface area contributed by atoms with Crippen molar-refractivity contribution in [1.82, 2.24) is 5.32 Å². The summed E-state index contributed by atoms with van der Waals surface area (Å²) in [4.78, 5) is 32.6. The predicted octanol–water partition coefficient (Wildman–Crippen LogP) is 1.12. The van der Waals surface area contributed by atoms with Crippen molar-refractivity contribution >= 4 is 23.4 Å². The summed E-state index contributed by atoms with van der Waals surface area (Å²) in [6, 6.07) is 2.00. The quantitative estimate of drug-likeness (QED) is 0.532. The second-order valence-electron chi connectivity index (χ2n) is 4.20. The number of amides is 2. The Hall–Kier alpha value is -2.68. The maximum Gasteiger partial charge on any atom is 0.328 e. The lowest BCUT2D eigenvalue weighted by Crippen LogP contribution is -2.45. The van der Waals surface area contributed by atoms with E-state index in [2.05, 4.69) is 15.4 Å². The van der Waals surface area contributed by atoms with Crippen molar-refractivity contribution in [3.05, 3.63) is 33.9 Å². The van der Waals surface area contributed by atoms with Crippen molar-refractivity contribution < 1.29 is 24.4 Å². The molecular formula is C12H15N3O6. The molecule has 0 saturated heterocycles. The number of nitrogens with one attached hydrogen (secondary N) is 2. The number of non-ortho nitro benzene ring substituents is 1. The number of ether oxygens (including phenoxy) is 1. The summed E-state index contributed by atoms with van der Waals surface area (Å²) in [6.07, 6.45) is 0. The van der Waals surface area contributed by atoms with Gasteiger partial charge in [0.2, 0.25) is 0 Å². The zero-order valence-electron chi connectivity index (χ0n) is 11.5. The molecule has 0 aromatic heterocycles. The van der Waals surface area contributed by atoms with Crippen LogP contribution in [0.3, 0.4) is 0 Å². The smallest absolute Gasteiger partial charge is 0.328 e. The lowest BCUT2D eigenvalue weighted by molar-refractivity contribution is -0.384. The molecule has 2 amide bonds.